The first-order chi connectivity index (χ1) is 7.18. The number of carbonyl (C=O) groups is 1. The maximum atomic E-state index is 11.8. The van der Waals surface area contributed by atoms with Gasteiger partial charge in [0.1, 0.15) is 0 Å². The molecule has 78 valence electrons. The second kappa shape index (κ2) is 3.81. The summed E-state index contributed by atoms with van der Waals surface area (Å²) < 4.78 is 0. The van der Waals surface area contributed by atoms with Gasteiger partial charge >= 0.3 is 0 Å². The summed E-state index contributed by atoms with van der Waals surface area (Å²) in [6.45, 7) is 0. The predicted molar refractivity (Wildman–Crippen MR) is 54.8 cm³/mol. The number of hydrogen-bond acceptors (Lipinski definition) is 3. The summed E-state index contributed by atoms with van der Waals surface area (Å²) in [6, 6.07) is 5.97. The molecule has 0 spiro atoms. The van der Waals surface area contributed by atoms with E-state index in [1.165, 1.54) is 12.1 Å². The molecule has 1 aromatic carbocycles. The lowest BCUT2D eigenvalue weighted by molar-refractivity contribution is -0.384. The summed E-state index contributed by atoms with van der Waals surface area (Å²) in [5.74, 6) is 0.136. The SMILES string of the molecule is O=C(c1cccc([N+](=O)[O-])c1)C1CCC1. The number of hydrogen-bond donors (Lipinski definition) is 0. The van der Waals surface area contributed by atoms with E-state index >= 15 is 0 Å². The zero-order valence-corrected chi connectivity index (χ0v) is 8.18. The van der Waals surface area contributed by atoms with Crippen LogP contribution in [-0.4, -0.2) is 10.7 Å². The molecule has 1 fully saturated rings. The molecule has 4 nitrogen and oxygen atoms in total. The molecule has 4 heteroatoms. The smallest absolute Gasteiger partial charge is 0.270 e. The zero-order valence-electron chi connectivity index (χ0n) is 8.18. The Labute approximate surface area is 87.1 Å². The number of Topliss-reactive ketones (excluding diaryl/α,β-unsaturated/α-hetero) is 1. The van der Waals surface area contributed by atoms with Crippen molar-refractivity contribution < 1.29 is 9.72 Å². The largest absolute Gasteiger partial charge is 0.294 e. The third-order valence-corrected chi connectivity index (χ3v) is 2.82. The van der Waals surface area contributed by atoms with Crippen molar-refractivity contribution in [2.24, 2.45) is 5.92 Å². The quantitative estimate of drug-likeness (QED) is 0.433. The molecule has 2 rings (SSSR count). The number of nitrogens with zero attached hydrogens (tertiary/aromatic N) is 1. The Morgan fingerprint density at radius 2 is 2.13 bits per heavy atom. The molecule has 1 aromatic rings. The van der Waals surface area contributed by atoms with E-state index in [0.717, 1.165) is 19.3 Å². The van der Waals surface area contributed by atoms with E-state index in [-0.39, 0.29) is 17.4 Å². The molecule has 0 aromatic heterocycles. The number of nitro groups is 1. The summed E-state index contributed by atoms with van der Waals surface area (Å²) >= 11 is 0. The van der Waals surface area contributed by atoms with Gasteiger partial charge in [0, 0.05) is 23.6 Å². The van der Waals surface area contributed by atoms with E-state index in [2.05, 4.69) is 0 Å². The average molecular weight is 205 g/mol. The second-order valence-electron chi connectivity index (χ2n) is 3.80. The Morgan fingerprint density at radius 1 is 1.40 bits per heavy atom. The molecule has 1 aliphatic carbocycles. The Balaban J connectivity index is 2.23. The minimum absolute atomic E-state index is 0.0137. The number of rotatable bonds is 3. The fourth-order valence-electron chi connectivity index (χ4n) is 1.68. The molecule has 0 amide bonds. The number of nitro benzene ring substituents is 1. The molecule has 1 saturated carbocycles. The lowest BCUT2D eigenvalue weighted by Crippen LogP contribution is -2.21. The summed E-state index contributed by atoms with van der Waals surface area (Å²) in [5, 5.41) is 10.5. The van der Waals surface area contributed by atoms with Crippen molar-refractivity contribution in [1.82, 2.24) is 0 Å². The third kappa shape index (κ3) is 1.88. The van der Waals surface area contributed by atoms with Crippen LogP contribution in [0, 0.1) is 16.0 Å². The Kier molecular flexibility index (Phi) is 2.49. The summed E-state index contributed by atoms with van der Waals surface area (Å²) in [5.41, 5.74) is 0.453. The average Bonchev–Trinajstić information content (AvgIpc) is 2.15. The van der Waals surface area contributed by atoms with Crippen molar-refractivity contribution in [2.75, 3.05) is 0 Å². The minimum atomic E-state index is -0.475. The standard InChI is InChI=1S/C11H11NO3/c13-11(8-3-1-4-8)9-5-2-6-10(7-9)12(14)15/h2,5-8H,1,3-4H2. The monoisotopic (exact) mass is 205 g/mol. The highest BCUT2D eigenvalue weighted by Crippen LogP contribution is 2.30. The first kappa shape index (κ1) is 9.83. The van der Waals surface area contributed by atoms with Crippen LogP contribution in [0.25, 0.3) is 0 Å². The van der Waals surface area contributed by atoms with Gasteiger partial charge in [0.15, 0.2) is 5.78 Å². The van der Waals surface area contributed by atoms with Crippen LogP contribution < -0.4 is 0 Å². The van der Waals surface area contributed by atoms with Gasteiger partial charge in [0.25, 0.3) is 5.69 Å². The van der Waals surface area contributed by atoms with Gasteiger partial charge in [0.2, 0.25) is 0 Å². The van der Waals surface area contributed by atoms with E-state index in [0.29, 0.717) is 5.56 Å². The highest BCUT2D eigenvalue weighted by atomic mass is 16.6. The molecule has 0 atom stereocenters. The van der Waals surface area contributed by atoms with Gasteiger partial charge in [-0.3, -0.25) is 14.9 Å². The van der Waals surface area contributed by atoms with Gasteiger partial charge in [0.05, 0.1) is 4.92 Å². The lowest BCUT2D eigenvalue weighted by atomic mass is 9.80. The van der Waals surface area contributed by atoms with Crippen LogP contribution in [-0.2, 0) is 0 Å². The maximum absolute atomic E-state index is 11.8. The lowest BCUT2D eigenvalue weighted by Gasteiger charge is -2.23. The molecule has 0 bridgehead atoms. The third-order valence-electron chi connectivity index (χ3n) is 2.82. The molecule has 0 unspecified atom stereocenters. The van der Waals surface area contributed by atoms with Gasteiger partial charge in [-0.15, -0.1) is 0 Å². The molecule has 1 aliphatic rings. The highest BCUT2D eigenvalue weighted by molar-refractivity contribution is 5.98. The fourth-order valence-corrected chi connectivity index (χ4v) is 1.68. The summed E-state index contributed by atoms with van der Waals surface area (Å²) in [4.78, 5) is 21.8. The van der Waals surface area contributed by atoms with Crippen LogP contribution in [0.1, 0.15) is 29.6 Å². The van der Waals surface area contributed by atoms with Gasteiger partial charge < -0.3 is 0 Å². The molecule has 0 aliphatic heterocycles. The summed E-state index contributed by atoms with van der Waals surface area (Å²) in [6.07, 6.45) is 2.92. The fraction of sp³-hybridized carbons (Fsp3) is 0.364. The van der Waals surface area contributed by atoms with Crippen molar-refractivity contribution in [3.63, 3.8) is 0 Å². The van der Waals surface area contributed by atoms with Gasteiger partial charge in [-0.25, -0.2) is 0 Å². The van der Waals surface area contributed by atoms with E-state index in [4.69, 9.17) is 0 Å². The molecular weight excluding hydrogens is 194 g/mol. The van der Waals surface area contributed by atoms with Crippen LogP contribution in [0.2, 0.25) is 0 Å². The van der Waals surface area contributed by atoms with Crippen LogP contribution >= 0.6 is 0 Å². The Morgan fingerprint density at radius 3 is 2.67 bits per heavy atom. The Bertz CT molecular complexity index is 410. The van der Waals surface area contributed by atoms with Crippen molar-refractivity contribution in [1.29, 1.82) is 0 Å². The number of non-ortho nitro benzene ring substituents is 1. The van der Waals surface area contributed by atoms with Crippen LogP contribution in [0.4, 0.5) is 5.69 Å². The maximum Gasteiger partial charge on any atom is 0.270 e. The molecule has 0 heterocycles. The number of ketones is 1. The van der Waals surface area contributed by atoms with E-state index in [9.17, 15) is 14.9 Å². The molecule has 15 heavy (non-hydrogen) atoms. The van der Waals surface area contributed by atoms with Crippen molar-refractivity contribution in [3.8, 4) is 0 Å². The van der Waals surface area contributed by atoms with Gasteiger partial charge in [-0.05, 0) is 12.8 Å². The van der Waals surface area contributed by atoms with Crippen LogP contribution in [0.5, 0.6) is 0 Å². The van der Waals surface area contributed by atoms with E-state index in [1.54, 1.807) is 12.1 Å². The molecular formula is C11H11NO3. The van der Waals surface area contributed by atoms with E-state index < -0.39 is 4.92 Å². The minimum Gasteiger partial charge on any atom is -0.294 e. The normalized spacial score (nSPS) is 15.7. The Hall–Kier alpha value is -1.71. The first-order valence-electron chi connectivity index (χ1n) is 4.97. The number of carbonyl (C=O) groups excluding carboxylic acids is 1. The molecule has 0 N–H and O–H groups in total. The zero-order chi connectivity index (χ0) is 10.8. The number of benzene rings is 1. The highest BCUT2D eigenvalue weighted by Gasteiger charge is 2.26. The van der Waals surface area contributed by atoms with Gasteiger partial charge in [-0.1, -0.05) is 18.6 Å². The molecule has 0 radical (unpaired) electrons. The van der Waals surface area contributed by atoms with E-state index in [1.807, 2.05) is 0 Å². The first-order valence-corrected chi connectivity index (χ1v) is 4.97. The van der Waals surface area contributed by atoms with Crippen molar-refractivity contribution in [3.05, 3.63) is 39.9 Å². The van der Waals surface area contributed by atoms with Gasteiger partial charge in [-0.2, -0.15) is 0 Å². The van der Waals surface area contributed by atoms with Crippen molar-refractivity contribution in [2.45, 2.75) is 19.3 Å². The second-order valence-corrected chi connectivity index (χ2v) is 3.80. The summed E-state index contributed by atoms with van der Waals surface area (Å²) in [7, 11) is 0. The topological polar surface area (TPSA) is 60.2 Å². The predicted octanol–water partition coefficient (Wildman–Crippen LogP) is 2.58. The van der Waals surface area contributed by atoms with Crippen molar-refractivity contribution >= 4 is 11.5 Å². The van der Waals surface area contributed by atoms with Crippen LogP contribution in [0.15, 0.2) is 24.3 Å². The molecule has 0 saturated heterocycles. The van der Waals surface area contributed by atoms with Crippen LogP contribution in [0.3, 0.4) is 0 Å².